The van der Waals surface area contributed by atoms with Crippen molar-refractivity contribution in [2.24, 2.45) is 5.92 Å². The Morgan fingerprint density at radius 1 is 0.804 bits per heavy atom. The van der Waals surface area contributed by atoms with Crippen LogP contribution in [-0.2, 0) is 22.6 Å². The second-order valence-corrected chi connectivity index (χ2v) is 12.2. The van der Waals surface area contributed by atoms with Crippen LogP contribution in [0.15, 0.2) is 103 Å². The minimum atomic E-state index is -0.507. The van der Waals surface area contributed by atoms with E-state index in [1.807, 2.05) is 91.0 Å². The molecule has 4 aromatic carbocycles. The number of para-hydroxylation sites is 1. The van der Waals surface area contributed by atoms with Crippen LogP contribution in [-0.4, -0.2) is 41.8 Å². The summed E-state index contributed by atoms with van der Waals surface area (Å²) in [5.74, 6) is 1.61. The first-order valence-electron chi connectivity index (χ1n) is 16.2. The monoisotopic (exact) mass is 621 g/mol. The molecule has 4 aromatic rings. The molecule has 0 bridgehead atoms. The topological polar surface area (TPSA) is 92.3 Å². The van der Waals surface area contributed by atoms with E-state index in [4.69, 9.17) is 14.2 Å². The predicted molar refractivity (Wildman–Crippen MR) is 179 cm³/mol. The number of aliphatic hydroxyl groups excluding tert-OH is 1. The highest BCUT2D eigenvalue weighted by atomic mass is 16.7. The maximum Gasteiger partial charge on any atom is 0.319 e. The van der Waals surface area contributed by atoms with Crippen molar-refractivity contribution >= 4 is 11.7 Å². The molecule has 8 nitrogen and oxygen atoms in total. The minimum absolute atomic E-state index is 0.0170. The molecule has 0 aromatic heterocycles. The van der Waals surface area contributed by atoms with Gasteiger partial charge in [0.05, 0.1) is 18.8 Å². The first-order chi connectivity index (χ1) is 22.5. The maximum absolute atomic E-state index is 12.6. The molecule has 240 valence electrons. The quantitative estimate of drug-likeness (QED) is 0.169. The molecule has 2 saturated heterocycles. The van der Waals surface area contributed by atoms with Gasteiger partial charge in [-0.2, -0.15) is 0 Å². The molecule has 0 saturated carbocycles. The van der Waals surface area contributed by atoms with Crippen molar-refractivity contribution < 1.29 is 24.1 Å². The van der Waals surface area contributed by atoms with Gasteiger partial charge in [0.2, 0.25) is 0 Å². The third kappa shape index (κ3) is 8.33. The van der Waals surface area contributed by atoms with Crippen LogP contribution in [0.2, 0.25) is 0 Å². The molecular weight excluding hydrogens is 578 g/mol. The summed E-state index contributed by atoms with van der Waals surface area (Å²) in [5.41, 5.74) is 4.56. The molecule has 2 heterocycles. The predicted octanol–water partition coefficient (Wildman–Crippen LogP) is 7.57. The van der Waals surface area contributed by atoms with Crippen molar-refractivity contribution in [3.05, 3.63) is 125 Å². The fraction of sp³-hybridized carbons (Fsp3) is 0.342. The first-order valence-corrected chi connectivity index (χ1v) is 16.2. The van der Waals surface area contributed by atoms with Gasteiger partial charge in [0, 0.05) is 30.3 Å². The summed E-state index contributed by atoms with van der Waals surface area (Å²) in [4.78, 5) is 15.1. The molecule has 2 aliphatic rings. The molecule has 0 aliphatic carbocycles. The summed E-state index contributed by atoms with van der Waals surface area (Å²) >= 11 is 0. The van der Waals surface area contributed by atoms with E-state index in [2.05, 4.69) is 34.6 Å². The molecule has 4 atom stereocenters. The summed E-state index contributed by atoms with van der Waals surface area (Å²) in [7, 11) is 0. The van der Waals surface area contributed by atoms with Gasteiger partial charge in [-0.25, -0.2) is 4.79 Å². The van der Waals surface area contributed by atoms with Crippen molar-refractivity contribution in [1.29, 1.82) is 0 Å². The first kappa shape index (κ1) is 31.8. The van der Waals surface area contributed by atoms with E-state index < -0.39 is 6.29 Å². The number of likely N-dealkylation sites (tertiary alicyclic amines) is 1. The van der Waals surface area contributed by atoms with Gasteiger partial charge in [-0.1, -0.05) is 80.1 Å². The molecule has 2 aliphatic heterocycles. The third-order valence-electron chi connectivity index (χ3n) is 8.81. The van der Waals surface area contributed by atoms with E-state index in [1.54, 1.807) is 0 Å². The minimum Gasteiger partial charge on any atom is -0.457 e. The Hall–Kier alpha value is -4.21. The van der Waals surface area contributed by atoms with Crippen molar-refractivity contribution in [1.82, 2.24) is 10.2 Å². The van der Waals surface area contributed by atoms with E-state index in [0.717, 1.165) is 47.6 Å². The number of hydrogen-bond donors (Lipinski definition) is 3. The molecule has 8 heteroatoms. The summed E-state index contributed by atoms with van der Waals surface area (Å²) in [5, 5.41) is 15.3. The Bertz CT molecular complexity index is 1520. The highest BCUT2D eigenvalue weighted by Gasteiger charge is 2.39. The number of benzene rings is 4. The van der Waals surface area contributed by atoms with E-state index in [-0.39, 0.29) is 30.8 Å². The van der Waals surface area contributed by atoms with Crippen molar-refractivity contribution in [2.45, 2.75) is 57.8 Å². The molecule has 3 N–H and O–H groups in total. The van der Waals surface area contributed by atoms with Gasteiger partial charge < -0.3 is 34.9 Å². The van der Waals surface area contributed by atoms with Gasteiger partial charge in [0.1, 0.15) is 11.5 Å². The molecule has 6 rings (SSSR count). The number of nitrogens with one attached hydrogen (secondary N) is 2. The Kier molecular flexibility index (Phi) is 10.6. The zero-order valence-electron chi connectivity index (χ0n) is 26.3. The SMILES string of the molecule is C[C@@H]1[C@H](CN2CCCCC2)O[C@H](c2ccc(CNC(=O)Nc3ccc(Oc4ccccc4)cc3)cc2)O[C@@H]1c1ccc(CO)cc1. The van der Waals surface area contributed by atoms with Gasteiger partial charge in [-0.05, 0) is 79.0 Å². The molecule has 0 spiro atoms. The van der Waals surface area contributed by atoms with Crippen LogP contribution in [0.4, 0.5) is 10.5 Å². The number of carbonyl (C=O) groups is 1. The van der Waals surface area contributed by atoms with Gasteiger partial charge in [0.25, 0.3) is 0 Å². The number of rotatable bonds is 10. The Labute approximate surface area is 271 Å². The van der Waals surface area contributed by atoms with Crippen LogP contribution >= 0.6 is 0 Å². The number of ether oxygens (including phenoxy) is 3. The summed E-state index contributed by atoms with van der Waals surface area (Å²) in [6.07, 6.45) is 3.14. The van der Waals surface area contributed by atoms with Crippen LogP contribution < -0.4 is 15.4 Å². The number of nitrogens with zero attached hydrogens (tertiary/aromatic N) is 1. The van der Waals surface area contributed by atoms with Crippen molar-refractivity contribution in [3.8, 4) is 11.5 Å². The lowest BCUT2D eigenvalue weighted by atomic mass is 9.89. The molecule has 0 unspecified atom stereocenters. The number of amides is 2. The number of urea groups is 1. The Morgan fingerprint density at radius 2 is 1.46 bits per heavy atom. The zero-order valence-corrected chi connectivity index (χ0v) is 26.3. The van der Waals surface area contributed by atoms with Gasteiger partial charge in [0.15, 0.2) is 6.29 Å². The molecular formula is C38H43N3O5. The average Bonchev–Trinajstić information content (AvgIpc) is 3.10. The lowest BCUT2D eigenvalue weighted by molar-refractivity contribution is -0.276. The fourth-order valence-electron chi connectivity index (χ4n) is 6.11. The van der Waals surface area contributed by atoms with Crippen LogP contribution in [0, 0.1) is 5.92 Å². The Balaban J connectivity index is 1.06. The second kappa shape index (κ2) is 15.4. The van der Waals surface area contributed by atoms with E-state index in [9.17, 15) is 9.90 Å². The number of anilines is 1. The number of piperidine rings is 1. The second-order valence-electron chi connectivity index (χ2n) is 12.2. The molecule has 2 amide bonds. The lowest BCUT2D eigenvalue weighted by Gasteiger charge is -2.43. The van der Waals surface area contributed by atoms with Crippen molar-refractivity contribution in [2.75, 3.05) is 25.0 Å². The molecule has 2 fully saturated rings. The zero-order chi connectivity index (χ0) is 31.7. The highest BCUT2D eigenvalue weighted by molar-refractivity contribution is 5.89. The normalized spacial score (nSPS) is 21.8. The maximum atomic E-state index is 12.6. The standard InChI is InChI=1S/C38H43N3O5/c1-27-35(25-41-22-6-3-7-23-41)45-37(46-36(27)30-14-12-29(26-42)13-15-30)31-16-10-28(11-17-31)24-39-38(43)40-32-18-20-34(21-19-32)44-33-8-4-2-5-9-33/h2,4-5,8-21,27,35-37,42H,3,6-7,22-26H2,1H3,(H2,39,40,43)/t27-,35+,36+,37+/m1/s1. The van der Waals surface area contributed by atoms with E-state index in [1.165, 1.54) is 19.3 Å². The summed E-state index contributed by atoms with van der Waals surface area (Å²) in [6.45, 7) is 5.70. The number of hydrogen-bond acceptors (Lipinski definition) is 6. The molecule has 46 heavy (non-hydrogen) atoms. The lowest BCUT2D eigenvalue weighted by Crippen LogP contribution is -2.45. The van der Waals surface area contributed by atoms with Gasteiger partial charge >= 0.3 is 6.03 Å². The molecule has 0 radical (unpaired) electrons. The largest absolute Gasteiger partial charge is 0.457 e. The van der Waals surface area contributed by atoms with Crippen LogP contribution in [0.3, 0.4) is 0 Å². The Morgan fingerprint density at radius 3 is 2.15 bits per heavy atom. The summed E-state index contributed by atoms with van der Waals surface area (Å²) < 4.78 is 19.1. The highest BCUT2D eigenvalue weighted by Crippen LogP contribution is 2.42. The number of carbonyl (C=O) groups excluding carboxylic acids is 1. The third-order valence-corrected chi connectivity index (χ3v) is 8.81. The number of aliphatic hydroxyl groups is 1. The van der Waals surface area contributed by atoms with E-state index in [0.29, 0.717) is 18.0 Å². The average molecular weight is 622 g/mol. The van der Waals surface area contributed by atoms with E-state index >= 15 is 0 Å². The van der Waals surface area contributed by atoms with Gasteiger partial charge in [-0.15, -0.1) is 0 Å². The van der Waals surface area contributed by atoms with Crippen molar-refractivity contribution in [3.63, 3.8) is 0 Å². The van der Waals surface area contributed by atoms with Crippen LogP contribution in [0.1, 0.15) is 60.8 Å². The van der Waals surface area contributed by atoms with Gasteiger partial charge in [-0.3, -0.25) is 0 Å². The summed E-state index contributed by atoms with van der Waals surface area (Å²) in [6, 6.07) is 32.6. The van der Waals surface area contributed by atoms with Crippen LogP contribution in [0.25, 0.3) is 0 Å². The smallest absolute Gasteiger partial charge is 0.319 e. The van der Waals surface area contributed by atoms with Crippen LogP contribution in [0.5, 0.6) is 11.5 Å². The fourth-order valence-corrected chi connectivity index (χ4v) is 6.11.